The van der Waals surface area contributed by atoms with Crippen molar-refractivity contribution in [3.8, 4) is 16.9 Å². The highest BCUT2D eigenvalue weighted by molar-refractivity contribution is 7.10. The fourth-order valence-corrected chi connectivity index (χ4v) is 4.92. The Bertz CT molecular complexity index is 1080. The number of amides is 1. The van der Waals surface area contributed by atoms with E-state index in [0.29, 0.717) is 0 Å². The molecule has 1 saturated heterocycles. The van der Waals surface area contributed by atoms with Crippen LogP contribution < -0.4 is 4.74 Å². The molecule has 7 heteroatoms. The monoisotopic (exact) mass is 481 g/mol. The lowest BCUT2D eigenvalue weighted by atomic mass is 10.0. The molecule has 4 rings (SSSR count). The lowest BCUT2D eigenvalue weighted by molar-refractivity contribution is -0.133. The van der Waals surface area contributed by atoms with Gasteiger partial charge in [-0.15, -0.1) is 11.3 Å². The third-order valence-electron chi connectivity index (χ3n) is 6.51. The van der Waals surface area contributed by atoms with Crippen LogP contribution in [-0.4, -0.2) is 67.5 Å². The zero-order chi connectivity index (χ0) is 24.1. The maximum Gasteiger partial charge on any atom is 0.260 e. The first-order chi connectivity index (χ1) is 16.4. The molecular weight excluding hydrogens is 449 g/mol. The Morgan fingerprint density at radius 1 is 1.09 bits per heavy atom. The van der Waals surface area contributed by atoms with Gasteiger partial charge in [0.2, 0.25) is 0 Å². The third-order valence-corrected chi connectivity index (χ3v) is 7.55. The van der Waals surface area contributed by atoms with E-state index >= 15 is 0 Å². The number of nitrogens with zero attached hydrogens (tertiary/aromatic N) is 3. The summed E-state index contributed by atoms with van der Waals surface area (Å²) in [6.07, 6.45) is 0. The Balaban J connectivity index is 1.50. The summed E-state index contributed by atoms with van der Waals surface area (Å²) >= 11 is 1.65. The second-order valence-corrected chi connectivity index (χ2v) is 9.87. The smallest absolute Gasteiger partial charge is 0.260 e. The van der Waals surface area contributed by atoms with Crippen molar-refractivity contribution in [2.24, 2.45) is 0 Å². The van der Waals surface area contributed by atoms with Gasteiger partial charge in [0.1, 0.15) is 11.6 Å². The summed E-state index contributed by atoms with van der Waals surface area (Å²) < 4.78 is 19.5. The number of hydrogen-bond donors (Lipinski definition) is 0. The molecule has 0 spiro atoms. The highest BCUT2D eigenvalue weighted by Crippen LogP contribution is 2.29. The first-order valence-electron chi connectivity index (χ1n) is 11.6. The second kappa shape index (κ2) is 11.1. The number of carbonyl (C=O) groups excluding carboxylic acids is 1. The Labute approximate surface area is 205 Å². The van der Waals surface area contributed by atoms with Crippen LogP contribution in [0.15, 0.2) is 60.0 Å². The van der Waals surface area contributed by atoms with Gasteiger partial charge in [0.05, 0.1) is 6.04 Å². The minimum Gasteiger partial charge on any atom is -0.483 e. The number of carbonyl (C=O) groups is 1. The van der Waals surface area contributed by atoms with Crippen LogP contribution in [0.25, 0.3) is 11.1 Å². The molecule has 34 heavy (non-hydrogen) atoms. The Morgan fingerprint density at radius 2 is 1.79 bits per heavy atom. The fraction of sp³-hybridized carbons (Fsp3) is 0.370. The van der Waals surface area contributed by atoms with E-state index in [1.54, 1.807) is 28.4 Å². The highest BCUT2D eigenvalue weighted by Gasteiger charge is 2.20. The van der Waals surface area contributed by atoms with Gasteiger partial charge in [-0.05, 0) is 60.8 Å². The number of ether oxygens (including phenoxy) is 1. The normalized spacial score (nSPS) is 15.8. The van der Waals surface area contributed by atoms with E-state index in [9.17, 15) is 9.18 Å². The summed E-state index contributed by atoms with van der Waals surface area (Å²) in [7, 11) is 3.96. The number of likely N-dealkylation sites (N-methyl/N-ethyl adjacent to an activating group) is 2. The van der Waals surface area contributed by atoms with Crippen molar-refractivity contribution in [3.63, 3.8) is 0 Å². The molecule has 0 bridgehead atoms. The molecule has 2 aromatic carbocycles. The Kier molecular flexibility index (Phi) is 7.98. The highest BCUT2D eigenvalue weighted by atomic mass is 32.1. The minimum atomic E-state index is -0.249. The maximum absolute atomic E-state index is 13.4. The van der Waals surface area contributed by atoms with E-state index in [1.165, 1.54) is 12.1 Å². The molecule has 0 saturated carbocycles. The molecular formula is C27H32FN3O2S. The molecule has 3 aromatic rings. The van der Waals surface area contributed by atoms with Gasteiger partial charge in [-0.1, -0.05) is 24.3 Å². The van der Waals surface area contributed by atoms with Crippen LogP contribution in [0.5, 0.6) is 5.75 Å². The van der Waals surface area contributed by atoms with Gasteiger partial charge < -0.3 is 14.5 Å². The van der Waals surface area contributed by atoms with Crippen molar-refractivity contribution in [2.45, 2.75) is 19.5 Å². The maximum atomic E-state index is 13.4. The van der Waals surface area contributed by atoms with Crippen LogP contribution in [0, 0.1) is 5.82 Å². The zero-order valence-corrected chi connectivity index (χ0v) is 20.9. The number of piperazine rings is 1. The van der Waals surface area contributed by atoms with Crippen LogP contribution in [-0.2, 0) is 11.3 Å². The second-order valence-electron chi connectivity index (χ2n) is 8.89. The van der Waals surface area contributed by atoms with E-state index in [1.807, 2.05) is 43.6 Å². The topological polar surface area (TPSA) is 36.0 Å². The number of thiophene rings is 1. The number of hydrogen-bond acceptors (Lipinski definition) is 5. The van der Waals surface area contributed by atoms with Crippen LogP contribution in [0.3, 0.4) is 0 Å². The van der Waals surface area contributed by atoms with Gasteiger partial charge in [-0.25, -0.2) is 4.39 Å². The van der Waals surface area contributed by atoms with Crippen molar-refractivity contribution in [1.82, 2.24) is 14.7 Å². The summed E-state index contributed by atoms with van der Waals surface area (Å²) in [6, 6.07) is 16.6. The third kappa shape index (κ3) is 6.03. The molecule has 1 aliphatic rings. The first-order valence-corrected chi connectivity index (χ1v) is 12.5. The number of rotatable bonds is 8. The Morgan fingerprint density at radius 3 is 2.47 bits per heavy atom. The molecule has 0 radical (unpaired) electrons. The molecule has 1 atom stereocenters. The molecule has 0 N–H and O–H groups in total. The molecule has 1 aliphatic heterocycles. The predicted octanol–water partition coefficient (Wildman–Crippen LogP) is 4.90. The van der Waals surface area contributed by atoms with Crippen molar-refractivity contribution < 1.29 is 13.9 Å². The molecule has 1 fully saturated rings. The molecule has 2 heterocycles. The summed E-state index contributed by atoms with van der Waals surface area (Å²) in [4.78, 5) is 20.5. The van der Waals surface area contributed by atoms with Gasteiger partial charge in [-0.3, -0.25) is 9.69 Å². The molecule has 5 nitrogen and oxygen atoms in total. The van der Waals surface area contributed by atoms with Gasteiger partial charge >= 0.3 is 0 Å². The molecule has 1 aromatic heterocycles. The summed E-state index contributed by atoms with van der Waals surface area (Å²) in [5.41, 5.74) is 2.99. The van der Waals surface area contributed by atoms with Crippen LogP contribution in [0.2, 0.25) is 0 Å². The molecule has 0 aliphatic carbocycles. The van der Waals surface area contributed by atoms with Crippen LogP contribution in [0.4, 0.5) is 4.39 Å². The average Bonchev–Trinajstić information content (AvgIpc) is 3.39. The van der Waals surface area contributed by atoms with E-state index < -0.39 is 0 Å². The largest absolute Gasteiger partial charge is 0.483 e. The van der Waals surface area contributed by atoms with Gasteiger partial charge in [0.15, 0.2) is 6.61 Å². The van der Waals surface area contributed by atoms with Crippen molar-refractivity contribution in [3.05, 3.63) is 76.2 Å². The summed E-state index contributed by atoms with van der Waals surface area (Å²) in [5, 5.41) is 2.02. The van der Waals surface area contributed by atoms with Crippen LogP contribution in [0.1, 0.15) is 23.4 Å². The zero-order valence-electron chi connectivity index (χ0n) is 20.0. The van der Waals surface area contributed by atoms with E-state index in [2.05, 4.69) is 22.9 Å². The van der Waals surface area contributed by atoms with E-state index in [0.717, 1.165) is 60.0 Å². The van der Waals surface area contributed by atoms with Gasteiger partial charge in [-0.2, -0.15) is 0 Å². The molecule has 0 unspecified atom stereocenters. The molecule has 1 amide bonds. The van der Waals surface area contributed by atoms with Gasteiger partial charge in [0, 0.05) is 50.2 Å². The number of halogens is 1. The fourth-order valence-electron chi connectivity index (χ4n) is 4.09. The SMILES string of the molecule is C[C@@H](c1cccs1)N(C)C(=O)COc1ccc(-c2ccc(F)cc2)cc1CN1CCN(C)CC1. The van der Waals surface area contributed by atoms with Gasteiger partial charge in [0.25, 0.3) is 5.91 Å². The van der Waals surface area contributed by atoms with Crippen molar-refractivity contribution in [2.75, 3.05) is 46.9 Å². The van der Waals surface area contributed by atoms with Crippen molar-refractivity contribution >= 4 is 17.2 Å². The minimum absolute atomic E-state index is 0.00163. The summed E-state index contributed by atoms with van der Waals surface area (Å²) in [5.74, 6) is 0.408. The van der Waals surface area contributed by atoms with Crippen molar-refractivity contribution in [1.29, 1.82) is 0 Å². The lowest BCUT2D eigenvalue weighted by Crippen LogP contribution is -2.43. The van der Waals surface area contributed by atoms with E-state index in [-0.39, 0.29) is 24.4 Å². The standard InChI is InChI=1S/C27H32FN3O2S/c1-20(26-5-4-16-34-26)30(3)27(32)19-33-25-11-8-22(21-6-9-24(28)10-7-21)17-23(25)18-31-14-12-29(2)13-15-31/h4-11,16-17,20H,12-15,18-19H2,1-3H3/t20-/m0/s1. The van der Waals surface area contributed by atoms with Crippen LogP contribution >= 0.6 is 11.3 Å². The predicted molar refractivity (Wildman–Crippen MR) is 136 cm³/mol. The summed E-state index contributed by atoms with van der Waals surface area (Å²) in [6.45, 7) is 6.77. The number of benzene rings is 2. The lowest BCUT2D eigenvalue weighted by Gasteiger charge is -2.32. The first kappa shape index (κ1) is 24.4. The average molecular weight is 482 g/mol. The molecule has 180 valence electrons. The Hall–Kier alpha value is -2.74. The quantitative estimate of drug-likeness (QED) is 0.459. The van der Waals surface area contributed by atoms with E-state index in [4.69, 9.17) is 4.74 Å².